The maximum absolute atomic E-state index is 12.8. The van der Waals surface area contributed by atoms with Gasteiger partial charge in [-0.2, -0.15) is 0 Å². The van der Waals surface area contributed by atoms with Crippen LogP contribution < -0.4 is 0 Å². The van der Waals surface area contributed by atoms with Crippen LogP contribution in [-0.2, 0) is 19.1 Å². The summed E-state index contributed by atoms with van der Waals surface area (Å²) in [6.45, 7) is 1.06. The van der Waals surface area contributed by atoms with Crippen LogP contribution in [0.15, 0.2) is 23.3 Å². The molecule has 5 nitrogen and oxygen atoms in total. The average Bonchev–Trinajstić information content (AvgIpc) is 3.09. The maximum Gasteiger partial charge on any atom is 0.254 e. The van der Waals surface area contributed by atoms with Gasteiger partial charge in [0.1, 0.15) is 24.8 Å². The average molecular weight is 287 g/mol. The van der Waals surface area contributed by atoms with Crippen LogP contribution in [0, 0.1) is 11.8 Å². The molecular formula is C16H17NO4. The zero-order valence-electron chi connectivity index (χ0n) is 11.7. The van der Waals surface area contributed by atoms with Crippen LogP contribution in [0.3, 0.4) is 0 Å². The van der Waals surface area contributed by atoms with E-state index >= 15 is 0 Å². The molecule has 1 saturated carbocycles. The van der Waals surface area contributed by atoms with Crippen LogP contribution in [0.2, 0.25) is 0 Å². The van der Waals surface area contributed by atoms with E-state index in [9.17, 15) is 9.59 Å². The van der Waals surface area contributed by atoms with Crippen LogP contribution in [0.1, 0.15) is 19.3 Å². The first-order valence-corrected chi connectivity index (χ1v) is 7.72. The quantitative estimate of drug-likeness (QED) is 0.661. The van der Waals surface area contributed by atoms with E-state index < -0.39 is 0 Å². The zero-order valence-corrected chi connectivity index (χ0v) is 11.7. The number of carbonyl (C=O) groups excluding carboxylic acids is 2. The highest BCUT2D eigenvalue weighted by atomic mass is 16.7. The van der Waals surface area contributed by atoms with Gasteiger partial charge in [-0.15, -0.1) is 0 Å². The second-order valence-corrected chi connectivity index (χ2v) is 6.67. The fourth-order valence-electron chi connectivity index (χ4n) is 4.79. The van der Waals surface area contributed by atoms with Gasteiger partial charge in [-0.3, -0.25) is 9.59 Å². The van der Waals surface area contributed by atoms with Gasteiger partial charge >= 0.3 is 0 Å². The monoisotopic (exact) mass is 287 g/mol. The Hall–Kier alpha value is -1.46. The molecule has 5 rings (SSSR count). The molecule has 1 amide bonds. The molecule has 2 aliphatic carbocycles. The Kier molecular flexibility index (Phi) is 2.34. The highest BCUT2D eigenvalue weighted by Gasteiger charge is 2.53. The lowest BCUT2D eigenvalue weighted by molar-refractivity contribution is -0.134. The van der Waals surface area contributed by atoms with E-state index in [1.807, 2.05) is 17.1 Å². The Labute approximate surface area is 122 Å². The number of ether oxygens (including phenoxy) is 2. The van der Waals surface area contributed by atoms with Gasteiger partial charge in [-0.1, -0.05) is 0 Å². The van der Waals surface area contributed by atoms with E-state index in [1.165, 1.54) is 0 Å². The van der Waals surface area contributed by atoms with Gasteiger partial charge < -0.3 is 14.4 Å². The smallest absolute Gasteiger partial charge is 0.254 e. The number of Topliss-reactive ketones (excluding diaryl/α,β-unsaturated/α-hetero) is 1. The molecule has 0 aromatic carbocycles. The molecule has 2 unspecified atom stereocenters. The second-order valence-electron chi connectivity index (χ2n) is 6.67. The number of piperidine rings is 1. The summed E-state index contributed by atoms with van der Waals surface area (Å²) in [5.41, 5.74) is 1.78. The number of carbonyl (C=O) groups is 2. The van der Waals surface area contributed by atoms with Gasteiger partial charge in [0.25, 0.3) is 5.91 Å². The van der Waals surface area contributed by atoms with Gasteiger partial charge in [0.2, 0.25) is 0 Å². The fourth-order valence-corrected chi connectivity index (χ4v) is 4.79. The highest BCUT2D eigenvalue weighted by Crippen LogP contribution is 2.49. The molecule has 110 valence electrons. The van der Waals surface area contributed by atoms with Crippen molar-refractivity contribution in [2.24, 2.45) is 11.8 Å². The normalized spacial score (nSPS) is 44.0. The molecule has 0 spiro atoms. The largest absolute Gasteiger partial charge is 0.345 e. The summed E-state index contributed by atoms with van der Waals surface area (Å²) in [5.74, 6) is 0.964. The van der Waals surface area contributed by atoms with Gasteiger partial charge in [0.15, 0.2) is 0 Å². The molecule has 3 saturated heterocycles. The van der Waals surface area contributed by atoms with Crippen molar-refractivity contribution in [2.75, 3.05) is 13.3 Å². The fraction of sp³-hybridized carbons (Fsp3) is 0.625. The van der Waals surface area contributed by atoms with Gasteiger partial charge in [-0.05, 0) is 30.1 Å². The number of ketones is 1. The maximum atomic E-state index is 12.8. The third-order valence-corrected chi connectivity index (χ3v) is 5.65. The standard InChI is InChI=1S/C16H17NO4/c18-9-3-8-1-2-17-15(8)11(4-9)10-5-13-14(21-7-20-13)6-12(10)16(17)19/h5-6,8,11,13-15H,1-4,7H2/t8-,11-,13?,14?,15+/m0/s1. The van der Waals surface area contributed by atoms with Crippen molar-refractivity contribution in [3.05, 3.63) is 23.3 Å². The molecule has 3 heterocycles. The summed E-state index contributed by atoms with van der Waals surface area (Å²) in [5, 5.41) is 0. The summed E-state index contributed by atoms with van der Waals surface area (Å²) in [4.78, 5) is 26.9. The Morgan fingerprint density at radius 1 is 1.10 bits per heavy atom. The Balaban J connectivity index is 1.63. The number of hydrogen-bond donors (Lipinski definition) is 0. The van der Waals surface area contributed by atoms with E-state index in [-0.39, 0.29) is 36.9 Å². The molecule has 0 aromatic heterocycles. The lowest BCUT2D eigenvalue weighted by Gasteiger charge is -2.45. The minimum Gasteiger partial charge on any atom is -0.345 e. The number of fused-ring (bicyclic) bond motifs is 3. The Morgan fingerprint density at radius 2 is 1.90 bits per heavy atom. The van der Waals surface area contributed by atoms with Crippen LogP contribution >= 0.6 is 0 Å². The van der Waals surface area contributed by atoms with Crippen LogP contribution in [0.5, 0.6) is 0 Å². The van der Waals surface area contributed by atoms with E-state index in [2.05, 4.69) is 0 Å². The van der Waals surface area contributed by atoms with E-state index in [0.717, 1.165) is 24.1 Å². The molecule has 5 aliphatic rings. The van der Waals surface area contributed by atoms with Gasteiger partial charge in [0, 0.05) is 36.9 Å². The van der Waals surface area contributed by atoms with Crippen molar-refractivity contribution in [3.8, 4) is 0 Å². The lowest BCUT2D eigenvalue weighted by Crippen LogP contribution is -2.53. The van der Waals surface area contributed by atoms with E-state index in [1.54, 1.807) is 0 Å². The summed E-state index contributed by atoms with van der Waals surface area (Å²) >= 11 is 0. The topological polar surface area (TPSA) is 55.8 Å². The van der Waals surface area contributed by atoms with E-state index in [0.29, 0.717) is 24.5 Å². The Bertz CT molecular complexity index is 607. The van der Waals surface area contributed by atoms with Crippen molar-refractivity contribution >= 4 is 11.7 Å². The summed E-state index contributed by atoms with van der Waals surface area (Å²) < 4.78 is 11.1. The van der Waals surface area contributed by atoms with Crippen LogP contribution in [-0.4, -0.2) is 48.2 Å². The summed E-state index contributed by atoms with van der Waals surface area (Å²) in [6.07, 6.45) is 5.87. The molecule has 21 heavy (non-hydrogen) atoms. The molecule has 0 radical (unpaired) electrons. The summed E-state index contributed by atoms with van der Waals surface area (Å²) in [7, 11) is 0. The minimum absolute atomic E-state index is 0.0972. The first kappa shape index (κ1) is 12.1. The van der Waals surface area contributed by atoms with E-state index in [4.69, 9.17) is 9.47 Å². The number of amides is 1. The summed E-state index contributed by atoms with van der Waals surface area (Å²) in [6, 6.07) is 0.220. The Morgan fingerprint density at radius 3 is 2.76 bits per heavy atom. The molecule has 5 heteroatoms. The molecule has 5 atom stereocenters. The van der Waals surface area contributed by atoms with Crippen molar-refractivity contribution in [1.29, 1.82) is 0 Å². The molecule has 4 fully saturated rings. The number of hydrogen-bond acceptors (Lipinski definition) is 4. The molecule has 3 aliphatic heterocycles. The van der Waals surface area contributed by atoms with Gasteiger partial charge in [0.05, 0.1) is 0 Å². The first-order valence-electron chi connectivity index (χ1n) is 7.72. The molecule has 0 N–H and O–H groups in total. The van der Waals surface area contributed by atoms with Crippen LogP contribution in [0.25, 0.3) is 0 Å². The predicted molar refractivity (Wildman–Crippen MR) is 72.1 cm³/mol. The number of nitrogens with zero attached hydrogens (tertiary/aromatic N) is 1. The SMILES string of the molecule is O=C1C[C@@H]2CCN3C(=O)C4=CC5OCOC5C=C4[C@H](C1)[C@@H]23. The lowest BCUT2D eigenvalue weighted by atomic mass is 9.68. The van der Waals surface area contributed by atoms with Crippen molar-refractivity contribution in [2.45, 2.75) is 37.5 Å². The second kappa shape index (κ2) is 4.05. The first-order chi connectivity index (χ1) is 10.2. The van der Waals surface area contributed by atoms with Crippen molar-refractivity contribution in [1.82, 2.24) is 4.90 Å². The van der Waals surface area contributed by atoms with Crippen LogP contribution in [0.4, 0.5) is 0 Å². The minimum atomic E-state index is -0.151. The zero-order chi connectivity index (χ0) is 14.1. The third-order valence-electron chi connectivity index (χ3n) is 5.65. The van der Waals surface area contributed by atoms with Gasteiger partial charge in [-0.25, -0.2) is 0 Å². The number of rotatable bonds is 0. The molecule has 0 bridgehead atoms. The third kappa shape index (κ3) is 1.53. The highest BCUT2D eigenvalue weighted by molar-refractivity contribution is 6.01. The van der Waals surface area contributed by atoms with Crippen molar-refractivity contribution < 1.29 is 19.1 Å². The van der Waals surface area contributed by atoms with Crippen molar-refractivity contribution in [3.63, 3.8) is 0 Å². The molecular weight excluding hydrogens is 270 g/mol. The predicted octanol–water partition coefficient (Wildman–Crippen LogP) is 0.804. The molecule has 0 aromatic rings.